The van der Waals surface area contributed by atoms with Crippen molar-refractivity contribution in [1.29, 1.82) is 0 Å². The summed E-state index contributed by atoms with van der Waals surface area (Å²) < 4.78 is 11.2. The summed E-state index contributed by atoms with van der Waals surface area (Å²) in [5.74, 6) is 0. The molecule has 0 fully saturated rings. The van der Waals surface area contributed by atoms with Gasteiger partial charge >= 0.3 is 0 Å². The average molecular weight is 294 g/mol. The van der Waals surface area contributed by atoms with Gasteiger partial charge in [0.25, 0.3) is 0 Å². The van der Waals surface area contributed by atoms with Crippen LogP contribution in [0.4, 0.5) is 0 Å². The second-order valence-corrected chi connectivity index (χ2v) is 6.73. The minimum Gasteiger partial charge on any atom is -0.309 e. The van der Waals surface area contributed by atoms with Crippen LogP contribution in [0, 0.1) is 0 Å². The summed E-state index contributed by atoms with van der Waals surface area (Å²) in [7, 11) is -0.801. The first-order chi connectivity index (χ1) is 7.91. The Kier molecular flexibility index (Phi) is 5.93. The van der Waals surface area contributed by atoms with Crippen LogP contribution in [-0.4, -0.2) is 22.3 Å². The lowest BCUT2D eigenvalue weighted by Gasteiger charge is -2.17. The molecule has 1 aromatic rings. The van der Waals surface area contributed by atoms with E-state index < -0.39 is 10.8 Å². The van der Waals surface area contributed by atoms with Crippen molar-refractivity contribution in [2.45, 2.75) is 25.1 Å². The average Bonchev–Trinajstić information content (AvgIpc) is 2.28. The molecule has 0 bridgehead atoms. The monoisotopic (exact) mass is 293 g/mol. The van der Waals surface area contributed by atoms with Crippen LogP contribution in [0.1, 0.15) is 25.5 Å². The zero-order chi connectivity index (χ0) is 13.0. The van der Waals surface area contributed by atoms with Crippen LogP contribution in [0.25, 0.3) is 0 Å². The molecular formula is C12H17Cl2NOS. The van der Waals surface area contributed by atoms with E-state index in [2.05, 4.69) is 5.32 Å². The van der Waals surface area contributed by atoms with E-state index in [-0.39, 0.29) is 11.3 Å². The maximum absolute atomic E-state index is 11.2. The lowest BCUT2D eigenvalue weighted by molar-refractivity contribution is 0.569. The molecule has 0 aromatic heterocycles. The zero-order valence-electron chi connectivity index (χ0n) is 10.2. The largest absolute Gasteiger partial charge is 0.309 e. The van der Waals surface area contributed by atoms with Crippen LogP contribution in [0.2, 0.25) is 10.0 Å². The number of benzene rings is 1. The molecule has 2 nitrogen and oxygen atoms in total. The van der Waals surface area contributed by atoms with Gasteiger partial charge in [-0.25, -0.2) is 0 Å². The van der Waals surface area contributed by atoms with Crippen LogP contribution < -0.4 is 5.32 Å². The molecule has 0 spiro atoms. The van der Waals surface area contributed by atoms with E-state index in [9.17, 15) is 4.21 Å². The van der Waals surface area contributed by atoms with Crippen LogP contribution >= 0.6 is 23.2 Å². The van der Waals surface area contributed by atoms with Crippen LogP contribution in [-0.2, 0) is 10.8 Å². The Labute approximate surface area is 115 Å². The molecule has 3 atom stereocenters. The summed E-state index contributed by atoms with van der Waals surface area (Å²) in [6, 6.07) is 5.75. The van der Waals surface area contributed by atoms with Crippen LogP contribution in [0.3, 0.4) is 0 Å². The van der Waals surface area contributed by atoms with Gasteiger partial charge in [0.05, 0.1) is 10.0 Å². The topological polar surface area (TPSA) is 29.1 Å². The highest BCUT2D eigenvalue weighted by Crippen LogP contribution is 2.25. The molecule has 1 aromatic carbocycles. The summed E-state index contributed by atoms with van der Waals surface area (Å²) in [5.41, 5.74) is 1.08. The van der Waals surface area contributed by atoms with E-state index in [1.807, 2.05) is 26.0 Å². The minimum atomic E-state index is -0.801. The SMILES string of the molecule is CC(NCC(C)S(C)=O)c1ccc(Cl)c(Cl)c1. The number of rotatable bonds is 5. The fraction of sp³-hybridized carbons (Fsp3) is 0.500. The van der Waals surface area contributed by atoms with Gasteiger partial charge in [0.1, 0.15) is 0 Å². The Bertz CT molecular complexity index is 411. The van der Waals surface area contributed by atoms with Gasteiger partial charge in [-0.3, -0.25) is 4.21 Å². The molecule has 0 amide bonds. The molecule has 0 heterocycles. The molecule has 1 N–H and O–H groups in total. The van der Waals surface area contributed by atoms with Crippen molar-refractivity contribution in [2.75, 3.05) is 12.8 Å². The third-order valence-electron chi connectivity index (χ3n) is 2.72. The van der Waals surface area contributed by atoms with E-state index in [0.717, 1.165) is 5.56 Å². The predicted octanol–water partition coefficient (Wildman–Crippen LogP) is 3.41. The van der Waals surface area contributed by atoms with E-state index >= 15 is 0 Å². The normalized spacial score (nSPS) is 16.5. The Morgan fingerprint density at radius 1 is 1.29 bits per heavy atom. The fourth-order valence-electron chi connectivity index (χ4n) is 1.36. The molecule has 1 rings (SSSR count). The highest BCUT2D eigenvalue weighted by molar-refractivity contribution is 7.84. The third kappa shape index (κ3) is 4.59. The molecule has 96 valence electrons. The maximum Gasteiger partial charge on any atom is 0.0595 e. The van der Waals surface area contributed by atoms with Crippen LogP contribution in [0.5, 0.6) is 0 Å². The van der Waals surface area contributed by atoms with Gasteiger partial charge in [0.2, 0.25) is 0 Å². The Balaban J connectivity index is 2.60. The smallest absolute Gasteiger partial charge is 0.0595 e. The van der Waals surface area contributed by atoms with Crippen molar-refractivity contribution in [3.63, 3.8) is 0 Å². The molecule has 0 aliphatic heterocycles. The second kappa shape index (κ2) is 6.74. The van der Waals surface area contributed by atoms with Gasteiger partial charge < -0.3 is 5.32 Å². The van der Waals surface area contributed by atoms with E-state index in [1.165, 1.54) is 0 Å². The van der Waals surface area contributed by atoms with Crippen molar-refractivity contribution < 1.29 is 4.21 Å². The molecule has 3 unspecified atom stereocenters. The molecular weight excluding hydrogens is 277 g/mol. The standard InChI is InChI=1S/C12H17Cl2NOS/c1-8(17(3)16)7-15-9(2)10-4-5-11(13)12(14)6-10/h4-6,8-9,15H,7H2,1-3H3. The molecule has 5 heteroatoms. The summed E-state index contributed by atoms with van der Waals surface area (Å²) in [4.78, 5) is 0. The van der Waals surface area contributed by atoms with Gasteiger partial charge in [-0.1, -0.05) is 29.3 Å². The summed E-state index contributed by atoms with van der Waals surface area (Å²) in [6.07, 6.45) is 1.72. The first kappa shape index (κ1) is 15.0. The lowest BCUT2D eigenvalue weighted by atomic mass is 10.1. The Morgan fingerprint density at radius 2 is 1.94 bits per heavy atom. The van der Waals surface area contributed by atoms with Gasteiger partial charge in [0, 0.05) is 34.9 Å². The number of halogens is 2. The number of hydrogen-bond acceptors (Lipinski definition) is 2. The van der Waals surface area contributed by atoms with Gasteiger partial charge in [-0.05, 0) is 31.5 Å². The third-order valence-corrected chi connectivity index (χ3v) is 4.76. The molecule has 0 radical (unpaired) electrons. The maximum atomic E-state index is 11.2. The lowest BCUT2D eigenvalue weighted by Crippen LogP contribution is -2.29. The van der Waals surface area contributed by atoms with Crippen molar-refractivity contribution >= 4 is 34.0 Å². The minimum absolute atomic E-state index is 0.139. The summed E-state index contributed by atoms with van der Waals surface area (Å²) in [6.45, 7) is 4.72. The van der Waals surface area contributed by atoms with Crippen molar-refractivity contribution in [3.05, 3.63) is 33.8 Å². The predicted molar refractivity (Wildman–Crippen MR) is 76.4 cm³/mol. The van der Waals surface area contributed by atoms with Gasteiger partial charge in [0.15, 0.2) is 0 Å². The quantitative estimate of drug-likeness (QED) is 0.901. The highest BCUT2D eigenvalue weighted by Gasteiger charge is 2.10. The molecule has 0 aliphatic rings. The van der Waals surface area contributed by atoms with E-state index in [4.69, 9.17) is 23.2 Å². The molecule has 0 aliphatic carbocycles. The van der Waals surface area contributed by atoms with E-state index in [1.54, 1.807) is 12.3 Å². The molecule has 0 saturated heterocycles. The van der Waals surface area contributed by atoms with Gasteiger partial charge in [-0.15, -0.1) is 0 Å². The zero-order valence-corrected chi connectivity index (χ0v) is 12.5. The molecule has 17 heavy (non-hydrogen) atoms. The Hall–Kier alpha value is -0.0900. The Morgan fingerprint density at radius 3 is 2.47 bits per heavy atom. The van der Waals surface area contributed by atoms with Crippen molar-refractivity contribution in [1.82, 2.24) is 5.32 Å². The fourth-order valence-corrected chi connectivity index (χ4v) is 2.00. The van der Waals surface area contributed by atoms with Crippen LogP contribution in [0.15, 0.2) is 18.2 Å². The highest BCUT2D eigenvalue weighted by atomic mass is 35.5. The second-order valence-electron chi connectivity index (χ2n) is 4.11. The first-order valence-corrected chi connectivity index (χ1v) is 7.80. The number of nitrogens with one attached hydrogen (secondary N) is 1. The first-order valence-electron chi connectivity index (χ1n) is 5.42. The van der Waals surface area contributed by atoms with Crippen molar-refractivity contribution in [2.24, 2.45) is 0 Å². The van der Waals surface area contributed by atoms with E-state index in [0.29, 0.717) is 16.6 Å². The molecule has 0 saturated carbocycles. The van der Waals surface area contributed by atoms with Gasteiger partial charge in [-0.2, -0.15) is 0 Å². The summed E-state index contributed by atoms with van der Waals surface area (Å²) in [5, 5.41) is 4.59. The van der Waals surface area contributed by atoms with Crippen molar-refractivity contribution in [3.8, 4) is 0 Å². The summed E-state index contributed by atoms with van der Waals surface area (Å²) >= 11 is 11.8. The number of hydrogen-bond donors (Lipinski definition) is 1.